The molecule has 0 aromatic carbocycles. The molecule has 0 amide bonds. The second kappa shape index (κ2) is 3.45. The molecule has 0 unspecified atom stereocenters. The highest BCUT2D eigenvalue weighted by Crippen LogP contribution is 2.24. The standard InChI is InChI=1S/C11H10N4S/c1-7-5-10-13-11(16-2)8-6-12-4-3-9(8)15(10)14-7/h3-6H,1-2H3. The molecule has 5 heteroatoms. The van der Waals surface area contributed by atoms with Crippen LogP contribution in [0.4, 0.5) is 0 Å². The third kappa shape index (κ3) is 1.28. The van der Waals surface area contributed by atoms with E-state index in [9.17, 15) is 0 Å². The molecule has 0 N–H and O–H groups in total. The Morgan fingerprint density at radius 2 is 2.25 bits per heavy atom. The Morgan fingerprint density at radius 1 is 1.38 bits per heavy atom. The van der Waals surface area contributed by atoms with Gasteiger partial charge in [-0.3, -0.25) is 4.98 Å². The number of thioether (sulfide) groups is 1. The second-order valence-corrected chi connectivity index (χ2v) is 4.36. The zero-order valence-corrected chi connectivity index (χ0v) is 9.82. The molecule has 0 spiro atoms. The van der Waals surface area contributed by atoms with Gasteiger partial charge < -0.3 is 0 Å². The minimum absolute atomic E-state index is 0.889. The van der Waals surface area contributed by atoms with E-state index in [0.29, 0.717) is 0 Å². The molecule has 4 nitrogen and oxygen atoms in total. The van der Waals surface area contributed by atoms with E-state index in [1.54, 1.807) is 18.0 Å². The number of nitrogens with zero attached hydrogens (tertiary/aromatic N) is 4. The molecule has 3 aromatic rings. The fourth-order valence-electron chi connectivity index (χ4n) is 1.80. The van der Waals surface area contributed by atoms with E-state index >= 15 is 0 Å². The highest BCUT2D eigenvalue weighted by Gasteiger charge is 2.08. The first kappa shape index (κ1) is 9.59. The molecule has 0 bridgehead atoms. The van der Waals surface area contributed by atoms with Crippen molar-refractivity contribution in [2.45, 2.75) is 11.9 Å². The predicted molar refractivity (Wildman–Crippen MR) is 64.8 cm³/mol. The van der Waals surface area contributed by atoms with Gasteiger partial charge in [-0.15, -0.1) is 11.8 Å². The molecule has 0 atom stereocenters. The fourth-order valence-corrected chi connectivity index (χ4v) is 2.36. The van der Waals surface area contributed by atoms with Crippen LogP contribution in [0.3, 0.4) is 0 Å². The Labute approximate surface area is 96.7 Å². The Hall–Kier alpha value is -1.62. The first-order valence-electron chi connectivity index (χ1n) is 4.93. The molecule has 3 aromatic heterocycles. The molecule has 0 radical (unpaired) electrons. The highest BCUT2D eigenvalue weighted by atomic mass is 32.2. The lowest BCUT2D eigenvalue weighted by molar-refractivity contribution is 0.940. The Kier molecular flexibility index (Phi) is 2.07. The van der Waals surface area contributed by atoms with Gasteiger partial charge in [0, 0.05) is 18.5 Å². The quantitative estimate of drug-likeness (QED) is 0.475. The maximum absolute atomic E-state index is 4.57. The SMILES string of the molecule is CSc1nc2cc(C)nn2c2ccncc12. The largest absolute Gasteiger partial charge is 0.264 e. The summed E-state index contributed by atoms with van der Waals surface area (Å²) in [5.41, 5.74) is 2.92. The third-order valence-corrected chi connectivity index (χ3v) is 3.18. The molecule has 0 aliphatic heterocycles. The fraction of sp³-hybridized carbons (Fsp3) is 0.182. The van der Waals surface area contributed by atoms with Gasteiger partial charge in [0.2, 0.25) is 0 Å². The van der Waals surface area contributed by atoms with Crippen LogP contribution < -0.4 is 0 Å². The first-order chi connectivity index (χ1) is 7.79. The number of rotatable bonds is 1. The number of hydrogen-bond donors (Lipinski definition) is 0. The molecular formula is C11H10N4S. The summed E-state index contributed by atoms with van der Waals surface area (Å²) in [6.07, 6.45) is 5.64. The van der Waals surface area contributed by atoms with Crippen LogP contribution in [0.1, 0.15) is 5.69 Å². The van der Waals surface area contributed by atoms with Crippen LogP contribution in [0, 0.1) is 6.92 Å². The molecule has 0 aliphatic carbocycles. The Balaban J connectivity index is 2.56. The van der Waals surface area contributed by atoms with Crippen LogP contribution >= 0.6 is 11.8 Å². The van der Waals surface area contributed by atoms with E-state index < -0.39 is 0 Å². The molecular weight excluding hydrogens is 220 g/mol. The smallest absolute Gasteiger partial charge is 0.157 e. The number of hydrogen-bond acceptors (Lipinski definition) is 4. The summed E-state index contributed by atoms with van der Waals surface area (Å²) in [5, 5.41) is 6.48. The molecule has 0 saturated carbocycles. The highest BCUT2D eigenvalue weighted by molar-refractivity contribution is 7.98. The van der Waals surface area contributed by atoms with Crippen LogP contribution in [-0.2, 0) is 0 Å². The van der Waals surface area contributed by atoms with Crippen molar-refractivity contribution < 1.29 is 0 Å². The van der Waals surface area contributed by atoms with Crippen molar-refractivity contribution in [3.05, 3.63) is 30.2 Å². The zero-order chi connectivity index (χ0) is 11.1. The van der Waals surface area contributed by atoms with Gasteiger partial charge in [0.1, 0.15) is 5.03 Å². The van der Waals surface area contributed by atoms with Gasteiger partial charge in [-0.2, -0.15) is 5.10 Å². The van der Waals surface area contributed by atoms with E-state index in [-0.39, 0.29) is 0 Å². The van der Waals surface area contributed by atoms with Crippen molar-refractivity contribution >= 4 is 28.3 Å². The van der Waals surface area contributed by atoms with E-state index in [4.69, 9.17) is 0 Å². The monoisotopic (exact) mass is 230 g/mol. The lowest BCUT2D eigenvalue weighted by Crippen LogP contribution is -1.95. The normalized spacial score (nSPS) is 11.4. The van der Waals surface area contributed by atoms with E-state index in [2.05, 4.69) is 15.1 Å². The Bertz CT molecular complexity index is 674. The van der Waals surface area contributed by atoms with Crippen LogP contribution in [0.2, 0.25) is 0 Å². The Morgan fingerprint density at radius 3 is 3.06 bits per heavy atom. The molecule has 3 heterocycles. The van der Waals surface area contributed by atoms with Gasteiger partial charge in [-0.1, -0.05) is 0 Å². The predicted octanol–water partition coefficient (Wildman–Crippen LogP) is 2.31. The van der Waals surface area contributed by atoms with E-state index in [1.807, 2.05) is 36.0 Å². The third-order valence-electron chi connectivity index (χ3n) is 2.48. The molecule has 16 heavy (non-hydrogen) atoms. The summed E-state index contributed by atoms with van der Waals surface area (Å²) in [4.78, 5) is 8.71. The molecule has 80 valence electrons. The van der Waals surface area contributed by atoms with Crippen molar-refractivity contribution in [2.24, 2.45) is 0 Å². The lowest BCUT2D eigenvalue weighted by Gasteiger charge is -2.04. The zero-order valence-electron chi connectivity index (χ0n) is 9.01. The van der Waals surface area contributed by atoms with Gasteiger partial charge in [0.25, 0.3) is 0 Å². The minimum atomic E-state index is 0.889. The van der Waals surface area contributed by atoms with Crippen LogP contribution in [-0.4, -0.2) is 25.8 Å². The van der Waals surface area contributed by atoms with Crippen LogP contribution in [0.15, 0.2) is 29.6 Å². The van der Waals surface area contributed by atoms with Gasteiger partial charge >= 0.3 is 0 Å². The van der Waals surface area contributed by atoms with Crippen molar-refractivity contribution in [3.63, 3.8) is 0 Å². The van der Waals surface area contributed by atoms with Crippen molar-refractivity contribution in [2.75, 3.05) is 6.26 Å². The van der Waals surface area contributed by atoms with Gasteiger partial charge in [-0.05, 0) is 19.2 Å². The van der Waals surface area contributed by atoms with Crippen molar-refractivity contribution in [3.8, 4) is 0 Å². The van der Waals surface area contributed by atoms with Gasteiger partial charge in [0.05, 0.1) is 16.6 Å². The van der Waals surface area contributed by atoms with Crippen molar-refractivity contribution in [1.29, 1.82) is 0 Å². The van der Waals surface area contributed by atoms with Gasteiger partial charge in [0.15, 0.2) is 5.65 Å². The van der Waals surface area contributed by atoms with Crippen LogP contribution in [0.25, 0.3) is 16.6 Å². The maximum Gasteiger partial charge on any atom is 0.157 e. The van der Waals surface area contributed by atoms with Crippen LogP contribution in [0.5, 0.6) is 0 Å². The summed E-state index contributed by atoms with van der Waals surface area (Å²) in [7, 11) is 0. The molecule has 0 saturated heterocycles. The van der Waals surface area contributed by atoms with Gasteiger partial charge in [-0.25, -0.2) is 9.50 Å². The summed E-state index contributed by atoms with van der Waals surface area (Å²) < 4.78 is 1.87. The number of fused-ring (bicyclic) bond motifs is 3. The van der Waals surface area contributed by atoms with E-state index in [0.717, 1.165) is 27.3 Å². The summed E-state index contributed by atoms with van der Waals surface area (Å²) in [5.74, 6) is 0. The van der Waals surface area contributed by atoms with Crippen molar-refractivity contribution in [1.82, 2.24) is 19.6 Å². The summed E-state index contributed by atoms with van der Waals surface area (Å²) in [6.45, 7) is 1.97. The summed E-state index contributed by atoms with van der Waals surface area (Å²) in [6, 6.07) is 3.95. The second-order valence-electron chi connectivity index (χ2n) is 3.57. The average molecular weight is 230 g/mol. The minimum Gasteiger partial charge on any atom is -0.264 e. The number of pyridine rings is 1. The lowest BCUT2D eigenvalue weighted by atomic mass is 10.3. The summed E-state index contributed by atoms with van der Waals surface area (Å²) >= 11 is 1.63. The topological polar surface area (TPSA) is 43.1 Å². The molecule has 0 aliphatic rings. The number of aromatic nitrogens is 4. The average Bonchev–Trinajstić information content (AvgIpc) is 2.68. The maximum atomic E-state index is 4.57. The molecule has 0 fully saturated rings. The first-order valence-corrected chi connectivity index (χ1v) is 6.16. The molecule has 3 rings (SSSR count). The van der Waals surface area contributed by atoms with E-state index in [1.165, 1.54) is 0 Å². The number of aryl methyl sites for hydroxylation is 1.